The van der Waals surface area contributed by atoms with E-state index in [1.54, 1.807) is 0 Å². The molecule has 1 unspecified atom stereocenters. The average molecular weight is 852 g/mol. The number of rotatable bonds is 4. The molecule has 0 saturated carbocycles. The molecule has 0 fully saturated rings. The van der Waals surface area contributed by atoms with E-state index in [2.05, 4.69) is 248 Å². The number of fused-ring (bicyclic) bond motifs is 19. The minimum Gasteiger partial charge on any atom is -0.456 e. The summed E-state index contributed by atoms with van der Waals surface area (Å²) in [5.74, 6) is 1.69. The highest BCUT2D eigenvalue weighted by Crippen LogP contribution is 2.63. The van der Waals surface area contributed by atoms with Crippen LogP contribution in [-0.4, -0.2) is 0 Å². The molecule has 1 spiro atoms. The number of ether oxygens (including phenoxy) is 1. The molecule has 0 radical (unpaired) electrons. The van der Waals surface area contributed by atoms with Crippen LogP contribution in [0.25, 0.3) is 77.5 Å². The summed E-state index contributed by atoms with van der Waals surface area (Å²) < 4.78 is 6.77. The molecular weight excluding hydrogens is 811 g/mol. The predicted octanol–water partition coefficient (Wildman–Crippen LogP) is 17.4. The number of benzene rings is 11. The monoisotopic (exact) mass is 851 g/mol. The lowest BCUT2D eigenvalue weighted by Gasteiger charge is -2.36. The maximum Gasteiger partial charge on any atom is 0.135 e. The molecule has 1 heterocycles. The van der Waals surface area contributed by atoms with E-state index >= 15 is 0 Å². The van der Waals surface area contributed by atoms with Crippen LogP contribution in [0.1, 0.15) is 22.3 Å². The second-order valence-corrected chi connectivity index (χ2v) is 17.9. The Morgan fingerprint density at radius 1 is 0.284 bits per heavy atom. The summed E-state index contributed by atoms with van der Waals surface area (Å²) >= 11 is 0. The van der Waals surface area contributed by atoms with Gasteiger partial charge in [-0.05, 0) is 137 Å². The molecule has 0 amide bonds. The van der Waals surface area contributed by atoms with E-state index in [-0.39, 0.29) is 0 Å². The molecule has 11 aromatic rings. The molecule has 2 heteroatoms. The standard InChI is InChI=1S/C65H41NO/c1-2-16-42(17-3-1)43-30-33-45(34-31-43)66(47-36-39-63-57(41-47)52-23-9-7-21-50(52)54-25-12-15-29-62(54)67-63)46-35-38-60-56(40-46)51-22-8-6-20-49(51)53-24-10-13-27-58(53)65(60)59-28-14-11-26-55(59)64-48-19-5-4-18-44(48)32-37-61(64)65/h1-41H. The van der Waals surface area contributed by atoms with Gasteiger partial charge in [-0.15, -0.1) is 0 Å². The fraction of sp³-hybridized carbons (Fsp3) is 0.0154. The summed E-state index contributed by atoms with van der Waals surface area (Å²) in [6.07, 6.45) is 0. The third-order valence-electron chi connectivity index (χ3n) is 14.5. The first kappa shape index (κ1) is 37.6. The molecule has 1 atom stereocenters. The lowest BCUT2D eigenvalue weighted by Crippen LogP contribution is -2.29. The van der Waals surface area contributed by atoms with Crippen molar-refractivity contribution in [1.29, 1.82) is 0 Å². The van der Waals surface area contributed by atoms with Crippen LogP contribution in [0.4, 0.5) is 17.1 Å². The molecule has 2 aliphatic carbocycles. The lowest BCUT2D eigenvalue weighted by atomic mass is 9.65. The second kappa shape index (κ2) is 14.7. The Kier molecular flexibility index (Phi) is 8.23. The fourth-order valence-corrected chi connectivity index (χ4v) is 11.7. The Morgan fingerprint density at radius 3 is 1.52 bits per heavy atom. The zero-order valence-corrected chi connectivity index (χ0v) is 36.5. The summed E-state index contributed by atoms with van der Waals surface area (Å²) in [5, 5.41) is 2.53. The normalized spacial score (nSPS) is 14.4. The molecule has 11 aromatic carbocycles. The van der Waals surface area contributed by atoms with Crippen LogP contribution >= 0.6 is 0 Å². The zero-order chi connectivity index (χ0) is 44.1. The summed E-state index contributed by atoms with van der Waals surface area (Å²) in [6, 6.07) is 91.5. The number of para-hydroxylation sites is 1. The van der Waals surface area contributed by atoms with Gasteiger partial charge >= 0.3 is 0 Å². The van der Waals surface area contributed by atoms with E-state index in [1.807, 2.05) is 6.07 Å². The molecular formula is C65H41NO. The van der Waals surface area contributed by atoms with Gasteiger partial charge in [-0.2, -0.15) is 0 Å². The van der Waals surface area contributed by atoms with Gasteiger partial charge in [0, 0.05) is 28.2 Å². The number of nitrogens with zero attached hydrogens (tertiary/aromatic N) is 1. The van der Waals surface area contributed by atoms with Gasteiger partial charge < -0.3 is 9.64 Å². The molecule has 0 saturated heterocycles. The summed E-state index contributed by atoms with van der Waals surface area (Å²) in [7, 11) is 0. The van der Waals surface area contributed by atoms with Crippen molar-refractivity contribution in [3.63, 3.8) is 0 Å². The smallest absolute Gasteiger partial charge is 0.135 e. The van der Waals surface area contributed by atoms with E-state index in [0.717, 1.165) is 50.8 Å². The Morgan fingerprint density at radius 2 is 0.761 bits per heavy atom. The highest BCUT2D eigenvalue weighted by atomic mass is 16.5. The van der Waals surface area contributed by atoms with Gasteiger partial charge in [0.15, 0.2) is 0 Å². The molecule has 2 nitrogen and oxygen atoms in total. The van der Waals surface area contributed by atoms with E-state index < -0.39 is 5.41 Å². The maximum absolute atomic E-state index is 6.77. The van der Waals surface area contributed by atoms with Crippen LogP contribution in [0.3, 0.4) is 0 Å². The van der Waals surface area contributed by atoms with Crippen molar-refractivity contribution in [2.45, 2.75) is 5.41 Å². The predicted molar refractivity (Wildman–Crippen MR) is 277 cm³/mol. The largest absolute Gasteiger partial charge is 0.456 e. The first-order valence-corrected chi connectivity index (χ1v) is 23.2. The van der Waals surface area contributed by atoms with Gasteiger partial charge in [-0.3, -0.25) is 0 Å². The second-order valence-electron chi connectivity index (χ2n) is 17.9. The van der Waals surface area contributed by atoms with Crippen molar-refractivity contribution in [3.8, 4) is 78.3 Å². The molecule has 3 aliphatic rings. The number of hydrogen-bond acceptors (Lipinski definition) is 2. The minimum atomic E-state index is -0.596. The van der Waals surface area contributed by atoms with E-state index in [9.17, 15) is 0 Å². The van der Waals surface area contributed by atoms with Crippen LogP contribution in [0.15, 0.2) is 249 Å². The molecule has 0 N–H and O–H groups in total. The molecule has 0 aromatic heterocycles. The fourth-order valence-electron chi connectivity index (χ4n) is 11.7. The first-order valence-electron chi connectivity index (χ1n) is 23.2. The van der Waals surface area contributed by atoms with E-state index in [1.165, 1.54) is 77.5 Å². The van der Waals surface area contributed by atoms with Gasteiger partial charge in [-0.1, -0.05) is 200 Å². The molecule has 0 bridgehead atoms. The topological polar surface area (TPSA) is 12.5 Å². The summed E-state index contributed by atoms with van der Waals surface area (Å²) in [5.41, 5.74) is 22.1. The van der Waals surface area contributed by atoms with Crippen molar-refractivity contribution in [2.24, 2.45) is 0 Å². The van der Waals surface area contributed by atoms with Crippen LogP contribution in [-0.2, 0) is 5.41 Å². The highest BCUT2D eigenvalue weighted by Gasteiger charge is 2.50. The molecule has 312 valence electrons. The van der Waals surface area contributed by atoms with E-state index in [0.29, 0.717) is 0 Å². The average Bonchev–Trinajstić information content (AvgIpc) is 3.56. The van der Waals surface area contributed by atoms with Crippen molar-refractivity contribution in [2.75, 3.05) is 4.90 Å². The van der Waals surface area contributed by atoms with Gasteiger partial charge in [0.1, 0.15) is 11.5 Å². The zero-order valence-electron chi connectivity index (χ0n) is 36.5. The van der Waals surface area contributed by atoms with Crippen LogP contribution in [0.5, 0.6) is 11.5 Å². The molecule has 1 aliphatic heterocycles. The maximum atomic E-state index is 6.77. The SMILES string of the molecule is c1ccc(-c2ccc(N(c3ccc4c(c3)-c3ccccc3-c3ccccc3O4)c3ccc4c(c3)-c3ccccc3-c3ccccc3C43c4ccccc4-c4c3ccc3ccccc43)cc2)cc1. The van der Waals surface area contributed by atoms with Gasteiger partial charge in [-0.25, -0.2) is 0 Å². The number of anilines is 3. The lowest BCUT2D eigenvalue weighted by molar-refractivity contribution is 0.488. The molecule has 67 heavy (non-hydrogen) atoms. The summed E-state index contributed by atoms with van der Waals surface area (Å²) in [6.45, 7) is 0. The minimum absolute atomic E-state index is 0.596. The molecule has 14 rings (SSSR count). The quantitative estimate of drug-likeness (QED) is 0.175. The summed E-state index contributed by atoms with van der Waals surface area (Å²) in [4.78, 5) is 2.42. The van der Waals surface area contributed by atoms with Crippen molar-refractivity contribution in [3.05, 3.63) is 271 Å². The van der Waals surface area contributed by atoms with Gasteiger partial charge in [0.2, 0.25) is 0 Å². The Balaban J connectivity index is 1.04. The van der Waals surface area contributed by atoms with Crippen molar-refractivity contribution in [1.82, 2.24) is 0 Å². The van der Waals surface area contributed by atoms with Gasteiger partial charge in [0.05, 0.1) is 5.41 Å². The van der Waals surface area contributed by atoms with Crippen LogP contribution in [0.2, 0.25) is 0 Å². The number of hydrogen-bond donors (Lipinski definition) is 0. The van der Waals surface area contributed by atoms with E-state index in [4.69, 9.17) is 4.74 Å². The highest BCUT2D eigenvalue weighted by molar-refractivity contribution is 6.06. The third kappa shape index (κ3) is 5.51. The van der Waals surface area contributed by atoms with Crippen LogP contribution in [0, 0.1) is 0 Å². The Hall–Kier alpha value is -8.72. The Labute approximate surface area is 390 Å². The van der Waals surface area contributed by atoms with Crippen LogP contribution < -0.4 is 9.64 Å². The Bertz CT molecular complexity index is 3790. The van der Waals surface area contributed by atoms with Gasteiger partial charge in [0.25, 0.3) is 0 Å². The van der Waals surface area contributed by atoms with Crippen molar-refractivity contribution < 1.29 is 4.74 Å². The first-order chi connectivity index (χ1) is 33.2. The third-order valence-corrected chi connectivity index (χ3v) is 14.5. The van der Waals surface area contributed by atoms with Crippen molar-refractivity contribution >= 4 is 27.8 Å².